The van der Waals surface area contributed by atoms with E-state index in [1.165, 1.54) is 0 Å². The summed E-state index contributed by atoms with van der Waals surface area (Å²) in [4.78, 5) is 21.3. The van der Waals surface area contributed by atoms with Gasteiger partial charge in [0, 0.05) is 19.7 Å². The molecule has 0 fully saturated rings. The molecule has 0 aromatic rings. The number of carbonyl (C=O) groups is 2. The van der Waals surface area contributed by atoms with Crippen LogP contribution in [0.5, 0.6) is 0 Å². The van der Waals surface area contributed by atoms with Gasteiger partial charge in [-0.25, -0.2) is 4.79 Å². The monoisotopic (exact) mass is 246 g/mol. The SMILES string of the molecule is CC(C)OCCCCNC(=O)NCCC(=O)O. The molecule has 0 unspecified atom stereocenters. The number of rotatable bonds is 9. The number of aliphatic carboxylic acids is 1. The lowest BCUT2D eigenvalue weighted by Crippen LogP contribution is -2.37. The summed E-state index contributed by atoms with van der Waals surface area (Å²) >= 11 is 0. The van der Waals surface area contributed by atoms with Crippen LogP contribution in [-0.4, -0.2) is 42.9 Å². The number of nitrogens with one attached hydrogen (secondary N) is 2. The quantitative estimate of drug-likeness (QED) is 0.529. The van der Waals surface area contributed by atoms with Crippen LogP contribution in [0, 0.1) is 0 Å². The summed E-state index contributed by atoms with van der Waals surface area (Å²) in [5, 5.41) is 13.5. The number of unbranched alkanes of at least 4 members (excludes halogenated alkanes) is 1. The smallest absolute Gasteiger partial charge is 0.314 e. The molecule has 100 valence electrons. The Labute approximate surface area is 102 Å². The van der Waals surface area contributed by atoms with Gasteiger partial charge in [0.1, 0.15) is 0 Å². The summed E-state index contributed by atoms with van der Waals surface area (Å²) in [5.74, 6) is -0.920. The molecule has 6 heteroatoms. The average Bonchev–Trinajstić information content (AvgIpc) is 2.22. The van der Waals surface area contributed by atoms with Crippen molar-refractivity contribution in [1.29, 1.82) is 0 Å². The average molecular weight is 246 g/mol. The minimum atomic E-state index is -0.920. The van der Waals surface area contributed by atoms with Crippen LogP contribution in [0.2, 0.25) is 0 Å². The third-order valence-corrected chi connectivity index (χ3v) is 1.93. The van der Waals surface area contributed by atoms with Crippen LogP contribution in [0.3, 0.4) is 0 Å². The van der Waals surface area contributed by atoms with Gasteiger partial charge in [-0.3, -0.25) is 4.79 Å². The molecule has 0 aliphatic carbocycles. The number of carboxylic acids is 1. The Morgan fingerprint density at radius 3 is 2.41 bits per heavy atom. The predicted molar refractivity (Wildman–Crippen MR) is 64.0 cm³/mol. The van der Waals surface area contributed by atoms with Gasteiger partial charge in [-0.05, 0) is 26.7 Å². The number of hydrogen-bond donors (Lipinski definition) is 3. The molecule has 0 aromatic carbocycles. The lowest BCUT2D eigenvalue weighted by Gasteiger charge is -2.08. The van der Waals surface area contributed by atoms with E-state index >= 15 is 0 Å². The fourth-order valence-electron chi connectivity index (χ4n) is 1.09. The van der Waals surface area contributed by atoms with Crippen LogP contribution in [0.4, 0.5) is 4.79 Å². The first-order chi connectivity index (χ1) is 8.02. The number of hydrogen-bond acceptors (Lipinski definition) is 3. The van der Waals surface area contributed by atoms with Crippen molar-refractivity contribution in [3.63, 3.8) is 0 Å². The van der Waals surface area contributed by atoms with E-state index in [0.29, 0.717) is 13.2 Å². The van der Waals surface area contributed by atoms with E-state index < -0.39 is 5.97 Å². The molecular formula is C11H22N2O4. The number of amides is 2. The van der Waals surface area contributed by atoms with Crippen LogP contribution in [0.1, 0.15) is 33.1 Å². The first kappa shape index (κ1) is 15.7. The topological polar surface area (TPSA) is 87.7 Å². The molecule has 0 rings (SSSR count). The van der Waals surface area contributed by atoms with Crippen LogP contribution in [-0.2, 0) is 9.53 Å². The Kier molecular flexibility index (Phi) is 9.14. The third-order valence-electron chi connectivity index (χ3n) is 1.93. The first-order valence-electron chi connectivity index (χ1n) is 5.87. The summed E-state index contributed by atoms with van der Waals surface area (Å²) in [5.41, 5.74) is 0. The van der Waals surface area contributed by atoms with Crippen molar-refractivity contribution < 1.29 is 19.4 Å². The fourth-order valence-corrected chi connectivity index (χ4v) is 1.09. The van der Waals surface area contributed by atoms with Gasteiger partial charge in [-0.2, -0.15) is 0 Å². The zero-order valence-corrected chi connectivity index (χ0v) is 10.5. The van der Waals surface area contributed by atoms with Crippen molar-refractivity contribution in [1.82, 2.24) is 10.6 Å². The Balaban J connectivity index is 3.25. The van der Waals surface area contributed by atoms with Crippen molar-refractivity contribution in [3.05, 3.63) is 0 Å². The van der Waals surface area contributed by atoms with Crippen molar-refractivity contribution in [3.8, 4) is 0 Å². The molecule has 0 atom stereocenters. The summed E-state index contributed by atoms with van der Waals surface area (Å²) in [7, 11) is 0. The van der Waals surface area contributed by atoms with Gasteiger partial charge in [0.15, 0.2) is 0 Å². The van der Waals surface area contributed by atoms with Gasteiger partial charge in [-0.1, -0.05) is 0 Å². The van der Waals surface area contributed by atoms with Gasteiger partial charge < -0.3 is 20.5 Å². The highest BCUT2D eigenvalue weighted by molar-refractivity contribution is 5.74. The Morgan fingerprint density at radius 1 is 1.18 bits per heavy atom. The van der Waals surface area contributed by atoms with E-state index in [-0.39, 0.29) is 25.1 Å². The van der Waals surface area contributed by atoms with E-state index in [1.807, 2.05) is 13.8 Å². The second-order valence-electron chi connectivity index (χ2n) is 3.95. The summed E-state index contributed by atoms with van der Waals surface area (Å²) in [6, 6.07) is -0.323. The molecule has 6 nitrogen and oxygen atoms in total. The lowest BCUT2D eigenvalue weighted by atomic mass is 10.3. The lowest BCUT2D eigenvalue weighted by molar-refractivity contribution is -0.136. The van der Waals surface area contributed by atoms with Crippen LogP contribution >= 0.6 is 0 Å². The van der Waals surface area contributed by atoms with E-state index in [1.54, 1.807) is 0 Å². The fraction of sp³-hybridized carbons (Fsp3) is 0.818. The third kappa shape index (κ3) is 12.6. The minimum absolute atomic E-state index is 0.0599. The maximum atomic E-state index is 11.1. The number of carboxylic acid groups (broad SMARTS) is 1. The Hall–Kier alpha value is -1.30. The van der Waals surface area contributed by atoms with Gasteiger partial charge >= 0.3 is 12.0 Å². The minimum Gasteiger partial charge on any atom is -0.481 e. The molecule has 0 bridgehead atoms. The highest BCUT2D eigenvalue weighted by Gasteiger charge is 2.01. The number of ether oxygens (including phenoxy) is 1. The summed E-state index contributed by atoms with van der Waals surface area (Å²) in [6.45, 7) is 5.38. The maximum Gasteiger partial charge on any atom is 0.314 e. The predicted octanol–water partition coefficient (Wildman–Crippen LogP) is 0.965. The largest absolute Gasteiger partial charge is 0.481 e. The molecule has 0 radical (unpaired) electrons. The maximum absolute atomic E-state index is 11.1. The Morgan fingerprint density at radius 2 is 1.82 bits per heavy atom. The Bertz CT molecular complexity index is 232. The summed E-state index contributed by atoms with van der Waals surface area (Å²) in [6.07, 6.45) is 1.92. The van der Waals surface area contributed by atoms with Crippen LogP contribution in [0.25, 0.3) is 0 Å². The first-order valence-corrected chi connectivity index (χ1v) is 5.87. The second-order valence-corrected chi connectivity index (χ2v) is 3.95. The molecule has 0 saturated heterocycles. The summed E-state index contributed by atoms with van der Waals surface area (Å²) < 4.78 is 5.35. The molecule has 0 aromatic heterocycles. The second kappa shape index (κ2) is 9.89. The van der Waals surface area contributed by atoms with Gasteiger partial charge in [0.25, 0.3) is 0 Å². The molecule has 0 aliphatic heterocycles. The zero-order valence-electron chi connectivity index (χ0n) is 10.5. The van der Waals surface area contributed by atoms with E-state index in [0.717, 1.165) is 12.8 Å². The van der Waals surface area contributed by atoms with Crippen molar-refractivity contribution in [2.45, 2.75) is 39.2 Å². The molecule has 3 N–H and O–H groups in total. The molecule has 17 heavy (non-hydrogen) atoms. The van der Waals surface area contributed by atoms with Gasteiger partial charge in [0.05, 0.1) is 12.5 Å². The van der Waals surface area contributed by atoms with E-state index in [9.17, 15) is 9.59 Å². The highest BCUT2D eigenvalue weighted by Crippen LogP contribution is 1.93. The molecule has 0 saturated carbocycles. The van der Waals surface area contributed by atoms with E-state index in [2.05, 4.69) is 10.6 Å². The highest BCUT2D eigenvalue weighted by atomic mass is 16.5. The molecule has 0 aliphatic rings. The van der Waals surface area contributed by atoms with Crippen molar-refractivity contribution in [2.24, 2.45) is 0 Å². The van der Waals surface area contributed by atoms with Crippen molar-refractivity contribution >= 4 is 12.0 Å². The standard InChI is InChI=1S/C11H22N2O4/c1-9(2)17-8-4-3-6-12-11(16)13-7-5-10(14)15/h9H,3-8H2,1-2H3,(H,14,15)(H2,12,13,16). The molecule has 0 spiro atoms. The van der Waals surface area contributed by atoms with Crippen LogP contribution in [0.15, 0.2) is 0 Å². The zero-order chi connectivity index (χ0) is 13.1. The van der Waals surface area contributed by atoms with Crippen LogP contribution < -0.4 is 10.6 Å². The molecule has 0 heterocycles. The van der Waals surface area contributed by atoms with Gasteiger partial charge in [0.2, 0.25) is 0 Å². The van der Waals surface area contributed by atoms with E-state index in [4.69, 9.17) is 9.84 Å². The number of carbonyl (C=O) groups excluding carboxylic acids is 1. The normalized spacial score (nSPS) is 10.3. The molecule has 2 amide bonds. The van der Waals surface area contributed by atoms with Gasteiger partial charge in [-0.15, -0.1) is 0 Å². The number of urea groups is 1. The molecular weight excluding hydrogens is 224 g/mol. The van der Waals surface area contributed by atoms with Crippen molar-refractivity contribution in [2.75, 3.05) is 19.7 Å².